The number of carbonyl (C=O) groups is 2. The number of amides is 1. The van der Waals surface area contributed by atoms with Gasteiger partial charge in [-0.3, -0.25) is 9.59 Å². The van der Waals surface area contributed by atoms with E-state index in [1.54, 1.807) is 37.5 Å². The summed E-state index contributed by atoms with van der Waals surface area (Å²) in [6, 6.07) is 20.6. The van der Waals surface area contributed by atoms with Gasteiger partial charge in [0.2, 0.25) is 0 Å². The van der Waals surface area contributed by atoms with Crippen LogP contribution in [0.1, 0.15) is 64.6 Å². The minimum absolute atomic E-state index is 0.140. The van der Waals surface area contributed by atoms with Crippen LogP contribution in [0.15, 0.2) is 72.8 Å². The van der Waals surface area contributed by atoms with Gasteiger partial charge in [0.1, 0.15) is 5.75 Å². The highest BCUT2D eigenvalue weighted by Crippen LogP contribution is 2.32. The van der Waals surface area contributed by atoms with E-state index in [9.17, 15) is 9.59 Å². The second kappa shape index (κ2) is 10.2. The summed E-state index contributed by atoms with van der Waals surface area (Å²) in [4.78, 5) is 26.0. The van der Waals surface area contributed by atoms with Crippen molar-refractivity contribution in [2.45, 2.75) is 45.6 Å². The van der Waals surface area contributed by atoms with Gasteiger partial charge in [-0.05, 0) is 74.2 Å². The lowest BCUT2D eigenvalue weighted by Crippen LogP contribution is -2.43. The highest BCUT2D eigenvalue weighted by Gasteiger charge is 2.28. The maximum absolute atomic E-state index is 13.2. The largest absolute Gasteiger partial charge is 0.497 e. The molecule has 0 saturated carbocycles. The molecule has 0 aliphatic carbocycles. The van der Waals surface area contributed by atoms with Gasteiger partial charge in [0.05, 0.1) is 7.11 Å². The average molecular weight is 469 g/mol. The van der Waals surface area contributed by atoms with Gasteiger partial charge in [-0.1, -0.05) is 43.7 Å². The normalized spacial score (nSPS) is 15.1. The van der Waals surface area contributed by atoms with Crippen LogP contribution in [0.3, 0.4) is 0 Å². The Morgan fingerprint density at radius 1 is 1.03 bits per heavy atom. The zero-order chi connectivity index (χ0) is 25.0. The van der Waals surface area contributed by atoms with Gasteiger partial charge in [-0.2, -0.15) is 0 Å². The highest BCUT2D eigenvalue weighted by atomic mass is 16.5. The Kier molecular flexibility index (Phi) is 7.06. The number of anilines is 1. The number of benzene rings is 3. The van der Waals surface area contributed by atoms with Crippen LogP contribution in [0.4, 0.5) is 5.69 Å². The van der Waals surface area contributed by atoms with Gasteiger partial charge in [0.25, 0.3) is 5.91 Å². The van der Waals surface area contributed by atoms with E-state index in [4.69, 9.17) is 4.74 Å². The molecule has 0 radical (unpaired) electrons. The number of allylic oxidation sites excluding steroid dienone is 1. The van der Waals surface area contributed by atoms with Gasteiger partial charge in [0.15, 0.2) is 5.78 Å². The maximum Gasteiger partial charge on any atom is 0.255 e. The fourth-order valence-corrected chi connectivity index (χ4v) is 4.43. The third-order valence-corrected chi connectivity index (χ3v) is 6.15. The van der Waals surface area contributed by atoms with Crippen LogP contribution in [-0.2, 0) is 12.8 Å². The third kappa shape index (κ3) is 5.80. The SMILES string of the molecule is CCCc1ccc(C(=O)Nc2cccc(C(=O)C=C3NC(C)(C)Cc4ccc(OC)cc43)c2)cc1. The van der Waals surface area contributed by atoms with E-state index in [-0.39, 0.29) is 17.2 Å². The first-order chi connectivity index (χ1) is 16.8. The van der Waals surface area contributed by atoms with E-state index in [1.165, 1.54) is 11.1 Å². The number of carbonyl (C=O) groups excluding carboxylic acids is 2. The van der Waals surface area contributed by atoms with Crippen molar-refractivity contribution in [2.75, 3.05) is 12.4 Å². The lowest BCUT2D eigenvalue weighted by Gasteiger charge is -2.35. The molecule has 1 amide bonds. The Bertz CT molecular complexity index is 1270. The van der Waals surface area contributed by atoms with E-state index in [0.29, 0.717) is 16.8 Å². The van der Waals surface area contributed by atoms with Gasteiger partial charge >= 0.3 is 0 Å². The summed E-state index contributed by atoms with van der Waals surface area (Å²) in [6.07, 6.45) is 4.53. The first-order valence-electron chi connectivity index (χ1n) is 12.0. The van der Waals surface area contributed by atoms with Crippen LogP contribution in [-0.4, -0.2) is 24.3 Å². The fourth-order valence-electron chi connectivity index (χ4n) is 4.43. The molecule has 1 aliphatic rings. The summed E-state index contributed by atoms with van der Waals surface area (Å²) < 4.78 is 5.40. The molecule has 1 heterocycles. The molecule has 0 fully saturated rings. The quantitative estimate of drug-likeness (QED) is 0.327. The van der Waals surface area contributed by atoms with Crippen LogP contribution in [0.25, 0.3) is 5.70 Å². The van der Waals surface area contributed by atoms with Gasteiger partial charge in [0, 0.05) is 39.7 Å². The average Bonchev–Trinajstić information content (AvgIpc) is 2.84. The van der Waals surface area contributed by atoms with E-state index in [1.807, 2.05) is 36.4 Å². The van der Waals surface area contributed by atoms with Gasteiger partial charge in [-0.15, -0.1) is 0 Å². The lowest BCUT2D eigenvalue weighted by molar-refractivity contribution is 0.102. The molecule has 0 aromatic heterocycles. The van der Waals surface area contributed by atoms with Crippen molar-refractivity contribution in [2.24, 2.45) is 0 Å². The van der Waals surface area contributed by atoms with Crippen molar-refractivity contribution in [1.82, 2.24) is 5.32 Å². The highest BCUT2D eigenvalue weighted by molar-refractivity contribution is 6.10. The molecule has 2 N–H and O–H groups in total. The minimum Gasteiger partial charge on any atom is -0.497 e. The smallest absolute Gasteiger partial charge is 0.255 e. The number of hydrogen-bond acceptors (Lipinski definition) is 4. The van der Waals surface area contributed by atoms with Crippen LogP contribution in [0, 0.1) is 0 Å². The fraction of sp³-hybridized carbons (Fsp3) is 0.267. The standard InChI is InChI=1S/C30H32N2O3/c1-5-7-20-10-12-21(13-11-20)29(34)31-24-9-6-8-22(16-24)28(33)18-27-26-17-25(35-4)15-14-23(26)19-30(2,3)32-27/h6,8-18,32H,5,7,19H2,1-4H3,(H,31,34). The van der Waals surface area contributed by atoms with Crippen molar-refractivity contribution >= 4 is 23.1 Å². The first kappa shape index (κ1) is 24.3. The lowest BCUT2D eigenvalue weighted by atomic mass is 9.85. The maximum atomic E-state index is 13.2. The Hall–Kier alpha value is -3.86. The van der Waals surface area contributed by atoms with Crippen LogP contribution >= 0.6 is 0 Å². The number of ether oxygens (including phenoxy) is 1. The van der Waals surface area contributed by atoms with Crippen molar-refractivity contribution in [3.8, 4) is 5.75 Å². The second-order valence-corrected chi connectivity index (χ2v) is 9.61. The number of fused-ring (bicyclic) bond motifs is 1. The summed E-state index contributed by atoms with van der Waals surface area (Å²) in [5.74, 6) is 0.405. The number of ketones is 1. The molecule has 3 aromatic carbocycles. The molecule has 0 unspecified atom stereocenters. The Morgan fingerprint density at radius 3 is 2.51 bits per heavy atom. The van der Waals surface area contributed by atoms with Crippen molar-refractivity contribution < 1.29 is 14.3 Å². The molecular formula is C30H32N2O3. The predicted octanol–water partition coefficient (Wildman–Crippen LogP) is 6.05. The van der Waals surface area contributed by atoms with E-state index in [2.05, 4.69) is 37.5 Å². The van der Waals surface area contributed by atoms with Gasteiger partial charge in [-0.25, -0.2) is 0 Å². The number of rotatable bonds is 7. The van der Waals surface area contributed by atoms with Crippen molar-refractivity contribution in [3.63, 3.8) is 0 Å². The molecule has 3 aromatic rings. The van der Waals surface area contributed by atoms with E-state index < -0.39 is 0 Å². The Balaban J connectivity index is 1.56. The molecule has 35 heavy (non-hydrogen) atoms. The summed E-state index contributed by atoms with van der Waals surface area (Å²) in [5, 5.41) is 6.41. The molecule has 5 nitrogen and oxygen atoms in total. The zero-order valence-corrected chi connectivity index (χ0v) is 20.8. The number of hydrogen-bond donors (Lipinski definition) is 2. The summed E-state index contributed by atoms with van der Waals surface area (Å²) in [7, 11) is 1.63. The van der Waals surface area contributed by atoms with Crippen LogP contribution < -0.4 is 15.4 Å². The Morgan fingerprint density at radius 2 is 1.80 bits per heavy atom. The third-order valence-electron chi connectivity index (χ3n) is 6.15. The molecule has 4 rings (SSSR count). The second-order valence-electron chi connectivity index (χ2n) is 9.61. The molecular weight excluding hydrogens is 436 g/mol. The minimum atomic E-state index is -0.201. The van der Waals surface area contributed by atoms with Gasteiger partial charge < -0.3 is 15.4 Å². The monoisotopic (exact) mass is 468 g/mol. The summed E-state index contributed by atoms with van der Waals surface area (Å²) in [5.41, 5.74) is 5.59. The number of aryl methyl sites for hydroxylation is 1. The molecule has 180 valence electrons. The summed E-state index contributed by atoms with van der Waals surface area (Å²) in [6.45, 7) is 6.36. The van der Waals surface area contributed by atoms with E-state index in [0.717, 1.165) is 36.3 Å². The van der Waals surface area contributed by atoms with E-state index >= 15 is 0 Å². The predicted molar refractivity (Wildman–Crippen MR) is 141 cm³/mol. The molecule has 5 heteroatoms. The Labute approximate surface area is 207 Å². The molecule has 0 spiro atoms. The van der Waals surface area contributed by atoms with Crippen molar-refractivity contribution in [1.29, 1.82) is 0 Å². The number of nitrogens with one attached hydrogen (secondary N) is 2. The molecule has 1 aliphatic heterocycles. The topological polar surface area (TPSA) is 67.4 Å². The zero-order valence-electron chi connectivity index (χ0n) is 20.8. The van der Waals surface area contributed by atoms with Crippen LogP contribution in [0.5, 0.6) is 5.75 Å². The molecule has 0 saturated heterocycles. The molecule has 0 bridgehead atoms. The number of methoxy groups -OCH3 is 1. The first-order valence-corrected chi connectivity index (χ1v) is 12.0. The van der Waals surface area contributed by atoms with Crippen molar-refractivity contribution in [3.05, 3.63) is 101 Å². The summed E-state index contributed by atoms with van der Waals surface area (Å²) >= 11 is 0. The molecule has 0 atom stereocenters. The van der Waals surface area contributed by atoms with Crippen LogP contribution in [0.2, 0.25) is 0 Å².